The summed E-state index contributed by atoms with van der Waals surface area (Å²) in [4.78, 5) is 11.6. The highest BCUT2D eigenvalue weighted by Crippen LogP contribution is 2.33. The third-order valence-corrected chi connectivity index (χ3v) is 3.25. The lowest BCUT2D eigenvalue weighted by molar-refractivity contribution is 0.0951. The molecule has 4 heteroatoms. The Labute approximate surface area is 97.4 Å². The van der Waals surface area contributed by atoms with Crippen LogP contribution in [0.15, 0.2) is 21.4 Å². The van der Waals surface area contributed by atoms with Gasteiger partial charge in [0, 0.05) is 6.54 Å². The minimum absolute atomic E-state index is 0.0635. The molecule has 0 bridgehead atoms. The zero-order valence-corrected chi connectivity index (χ0v) is 10.0. The molecule has 1 N–H and O–H groups in total. The van der Waals surface area contributed by atoms with Crippen LogP contribution in [0, 0.1) is 5.92 Å². The Hall–Kier alpha value is -0.770. The summed E-state index contributed by atoms with van der Waals surface area (Å²) in [6.45, 7) is 0.757. The van der Waals surface area contributed by atoms with E-state index >= 15 is 0 Å². The van der Waals surface area contributed by atoms with Crippen molar-refractivity contribution in [3.05, 3.63) is 22.6 Å². The zero-order valence-electron chi connectivity index (χ0n) is 8.46. The van der Waals surface area contributed by atoms with E-state index in [4.69, 9.17) is 4.42 Å². The van der Waals surface area contributed by atoms with Crippen molar-refractivity contribution in [2.75, 3.05) is 6.54 Å². The van der Waals surface area contributed by atoms with Gasteiger partial charge >= 0.3 is 0 Å². The molecule has 0 aromatic carbocycles. The minimum atomic E-state index is -0.0635. The van der Waals surface area contributed by atoms with Crippen LogP contribution < -0.4 is 5.32 Å². The molecule has 0 spiro atoms. The highest BCUT2D eigenvalue weighted by atomic mass is 79.9. The molecule has 1 saturated carbocycles. The van der Waals surface area contributed by atoms with E-state index in [1.54, 1.807) is 6.07 Å². The lowest BCUT2D eigenvalue weighted by Crippen LogP contribution is -2.24. The normalized spacial score (nSPS) is 15.3. The van der Waals surface area contributed by atoms with E-state index in [1.165, 1.54) is 25.5 Å². The molecule has 1 aliphatic carbocycles. The van der Waals surface area contributed by atoms with Crippen molar-refractivity contribution in [2.45, 2.75) is 25.7 Å². The molecule has 1 heterocycles. The summed E-state index contributed by atoms with van der Waals surface area (Å²) in [5.74, 6) is 0.869. The molecule has 1 fully saturated rings. The monoisotopic (exact) mass is 271 g/mol. The number of halogens is 1. The van der Waals surface area contributed by atoms with E-state index in [0.717, 1.165) is 18.9 Å². The summed E-state index contributed by atoms with van der Waals surface area (Å²) in [6.07, 6.45) is 6.57. The van der Waals surface area contributed by atoms with E-state index in [9.17, 15) is 4.79 Å². The Morgan fingerprint density at radius 2 is 2.40 bits per heavy atom. The molecular weight excluding hydrogens is 258 g/mol. The van der Waals surface area contributed by atoms with Gasteiger partial charge in [-0.25, -0.2) is 0 Å². The Morgan fingerprint density at radius 1 is 1.60 bits per heavy atom. The van der Waals surface area contributed by atoms with Crippen LogP contribution in [-0.4, -0.2) is 12.5 Å². The summed E-state index contributed by atoms with van der Waals surface area (Å²) in [6, 6.07) is 1.67. The third-order valence-electron chi connectivity index (χ3n) is 2.63. The van der Waals surface area contributed by atoms with Gasteiger partial charge in [-0.2, -0.15) is 0 Å². The molecule has 0 saturated heterocycles. The second-order valence-electron chi connectivity index (χ2n) is 3.95. The van der Waals surface area contributed by atoms with E-state index in [0.29, 0.717) is 10.2 Å². The molecule has 0 aliphatic heterocycles. The average Bonchev–Trinajstić information content (AvgIpc) is 2.94. The number of hydrogen-bond donors (Lipinski definition) is 1. The Morgan fingerprint density at radius 3 is 3.00 bits per heavy atom. The number of hydrogen-bond acceptors (Lipinski definition) is 2. The highest BCUT2D eigenvalue weighted by Gasteiger charge is 2.20. The Bertz CT molecular complexity index is 344. The molecule has 3 nitrogen and oxygen atoms in total. The van der Waals surface area contributed by atoms with Crippen LogP contribution in [0.1, 0.15) is 36.0 Å². The van der Waals surface area contributed by atoms with Crippen LogP contribution in [0.4, 0.5) is 0 Å². The second kappa shape index (κ2) is 4.84. The zero-order chi connectivity index (χ0) is 10.7. The molecule has 0 radical (unpaired) electrons. The van der Waals surface area contributed by atoms with Crippen LogP contribution in [0.2, 0.25) is 0 Å². The molecule has 1 aromatic heterocycles. The summed E-state index contributed by atoms with van der Waals surface area (Å²) < 4.78 is 5.50. The van der Waals surface area contributed by atoms with E-state index in [1.807, 2.05) is 0 Å². The molecule has 0 unspecified atom stereocenters. The van der Waals surface area contributed by atoms with Crippen molar-refractivity contribution in [3.63, 3.8) is 0 Å². The fourth-order valence-corrected chi connectivity index (χ4v) is 1.97. The summed E-state index contributed by atoms with van der Waals surface area (Å²) in [5, 5.41) is 2.88. The predicted octanol–water partition coefficient (Wildman–Crippen LogP) is 2.96. The molecule has 0 atom stereocenters. The first-order valence-electron chi connectivity index (χ1n) is 5.28. The molecular formula is C11H14BrNO2. The Kier molecular flexibility index (Phi) is 3.46. The van der Waals surface area contributed by atoms with Gasteiger partial charge < -0.3 is 9.73 Å². The fourth-order valence-electron chi connectivity index (χ4n) is 1.55. The maximum Gasteiger partial charge on any atom is 0.255 e. The smallest absolute Gasteiger partial charge is 0.255 e. The van der Waals surface area contributed by atoms with Gasteiger partial charge in [-0.15, -0.1) is 0 Å². The third kappa shape index (κ3) is 3.09. The van der Waals surface area contributed by atoms with Gasteiger partial charge in [-0.1, -0.05) is 12.8 Å². The van der Waals surface area contributed by atoms with E-state index in [-0.39, 0.29) is 5.91 Å². The second-order valence-corrected chi connectivity index (χ2v) is 4.67. The first-order chi connectivity index (χ1) is 7.27. The molecule has 82 valence electrons. The van der Waals surface area contributed by atoms with Crippen molar-refractivity contribution in [1.82, 2.24) is 5.32 Å². The van der Waals surface area contributed by atoms with Gasteiger partial charge in [0.1, 0.15) is 0 Å². The minimum Gasteiger partial charge on any atom is -0.457 e. The molecule has 1 aromatic rings. The molecule has 1 aliphatic rings. The maximum atomic E-state index is 11.6. The number of furan rings is 1. The lowest BCUT2D eigenvalue weighted by Gasteiger charge is -2.02. The molecule has 1 amide bonds. The highest BCUT2D eigenvalue weighted by molar-refractivity contribution is 9.10. The average molecular weight is 272 g/mol. The van der Waals surface area contributed by atoms with Crippen molar-refractivity contribution < 1.29 is 9.21 Å². The van der Waals surface area contributed by atoms with E-state index < -0.39 is 0 Å². The number of carbonyl (C=O) groups excluding carboxylic acids is 1. The van der Waals surface area contributed by atoms with Gasteiger partial charge in [0.05, 0.1) is 11.8 Å². The van der Waals surface area contributed by atoms with Gasteiger partial charge in [0.25, 0.3) is 5.91 Å². The van der Waals surface area contributed by atoms with Crippen LogP contribution in [-0.2, 0) is 0 Å². The van der Waals surface area contributed by atoms with Gasteiger partial charge in [-0.05, 0) is 40.8 Å². The number of nitrogens with one attached hydrogen (secondary N) is 1. The first-order valence-corrected chi connectivity index (χ1v) is 6.08. The van der Waals surface area contributed by atoms with Gasteiger partial charge in [0.2, 0.25) is 0 Å². The van der Waals surface area contributed by atoms with Crippen LogP contribution in [0.25, 0.3) is 0 Å². The quantitative estimate of drug-likeness (QED) is 0.837. The summed E-state index contributed by atoms with van der Waals surface area (Å²) >= 11 is 3.18. The number of carbonyl (C=O) groups is 1. The first kappa shape index (κ1) is 10.7. The largest absolute Gasteiger partial charge is 0.457 e. The molecule has 15 heavy (non-hydrogen) atoms. The summed E-state index contributed by atoms with van der Waals surface area (Å²) in [7, 11) is 0. The lowest BCUT2D eigenvalue weighted by atomic mass is 10.2. The van der Waals surface area contributed by atoms with Crippen molar-refractivity contribution in [2.24, 2.45) is 5.92 Å². The van der Waals surface area contributed by atoms with E-state index in [2.05, 4.69) is 21.2 Å². The SMILES string of the molecule is O=C(NCCCC1CC1)c1ccoc1Br. The standard InChI is InChI=1S/C11H14BrNO2/c12-10-9(5-7-15-10)11(14)13-6-1-2-8-3-4-8/h5,7-8H,1-4,6H2,(H,13,14). The van der Waals surface area contributed by atoms with Crippen LogP contribution in [0.3, 0.4) is 0 Å². The maximum absolute atomic E-state index is 11.6. The number of amides is 1. The Balaban J connectivity index is 1.69. The topological polar surface area (TPSA) is 42.2 Å². The van der Waals surface area contributed by atoms with Gasteiger partial charge in [0.15, 0.2) is 4.67 Å². The van der Waals surface area contributed by atoms with Crippen molar-refractivity contribution in [3.8, 4) is 0 Å². The molecule has 2 rings (SSSR count). The fraction of sp³-hybridized carbons (Fsp3) is 0.545. The van der Waals surface area contributed by atoms with Crippen molar-refractivity contribution in [1.29, 1.82) is 0 Å². The van der Waals surface area contributed by atoms with Gasteiger partial charge in [-0.3, -0.25) is 4.79 Å². The van der Waals surface area contributed by atoms with Crippen LogP contribution >= 0.6 is 15.9 Å². The summed E-state index contributed by atoms with van der Waals surface area (Å²) in [5.41, 5.74) is 0.571. The van der Waals surface area contributed by atoms with Crippen molar-refractivity contribution >= 4 is 21.8 Å². The predicted molar refractivity (Wildman–Crippen MR) is 60.7 cm³/mol. The number of rotatable bonds is 5. The van der Waals surface area contributed by atoms with Crippen LogP contribution in [0.5, 0.6) is 0 Å².